The van der Waals surface area contributed by atoms with Crippen molar-refractivity contribution in [1.82, 2.24) is 4.90 Å². The van der Waals surface area contributed by atoms with Crippen LogP contribution in [0.15, 0.2) is 18.2 Å². The first-order valence-corrected chi connectivity index (χ1v) is 7.64. The maximum Gasteiger partial charge on any atom is 0.127 e. The highest BCUT2D eigenvalue weighted by Crippen LogP contribution is 2.41. The summed E-state index contributed by atoms with van der Waals surface area (Å²) in [4.78, 5) is 2.51. The Balaban J connectivity index is 1.80. The first kappa shape index (κ1) is 13.7. The van der Waals surface area contributed by atoms with Gasteiger partial charge in [0.1, 0.15) is 18.1 Å². The number of nitrogens with zero attached hydrogens (tertiary/aromatic N) is 1. The first-order chi connectivity index (χ1) is 9.72. The lowest BCUT2D eigenvalue weighted by atomic mass is 9.87. The van der Waals surface area contributed by atoms with Gasteiger partial charge in [0.25, 0.3) is 0 Å². The van der Waals surface area contributed by atoms with Crippen LogP contribution in [0.3, 0.4) is 0 Å². The molecule has 1 aromatic rings. The molecule has 20 heavy (non-hydrogen) atoms. The van der Waals surface area contributed by atoms with E-state index in [9.17, 15) is 5.11 Å². The fourth-order valence-electron chi connectivity index (χ4n) is 3.62. The molecule has 3 atom stereocenters. The van der Waals surface area contributed by atoms with Gasteiger partial charge in [0.2, 0.25) is 0 Å². The summed E-state index contributed by atoms with van der Waals surface area (Å²) in [5.41, 5.74) is 7.19. The monoisotopic (exact) mass is 276 g/mol. The van der Waals surface area contributed by atoms with E-state index in [2.05, 4.69) is 11.8 Å². The van der Waals surface area contributed by atoms with E-state index in [-0.39, 0.29) is 11.8 Å². The zero-order valence-electron chi connectivity index (χ0n) is 12.1. The molecule has 0 aliphatic carbocycles. The van der Waals surface area contributed by atoms with Gasteiger partial charge in [0.15, 0.2) is 0 Å². The second-order valence-electron chi connectivity index (χ2n) is 5.97. The summed E-state index contributed by atoms with van der Waals surface area (Å²) in [5.74, 6) is 1.90. The van der Waals surface area contributed by atoms with E-state index in [1.165, 1.54) is 24.8 Å². The SMILES string of the molecule is CCC1CCN(C2COc3cc(O)ccc32)C(CN)C1. The van der Waals surface area contributed by atoms with E-state index < -0.39 is 0 Å². The molecule has 110 valence electrons. The number of hydrogen-bond acceptors (Lipinski definition) is 4. The molecule has 2 heterocycles. The second kappa shape index (κ2) is 5.62. The lowest BCUT2D eigenvalue weighted by molar-refractivity contribution is 0.0592. The van der Waals surface area contributed by atoms with E-state index in [0.717, 1.165) is 18.2 Å². The van der Waals surface area contributed by atoms with Gasteiger partial charge in [-0.25, -0.2) is 0 Å². The van der Waals surface area contributed by atoms with Gasteiger partial charge in [-0.15, -0.1) is 0 Å². The van der Waals surface area contributed by atoms with Gasteiger partial charge in [0, 0.05) is 24.2 Å². The molecule has 2 aliphatic heterocycles. The van der Waals surface area contributed by atoms with Crippen LogP contribution in [0.5, 0.6) is 11.5 Å². The average molecular weight is 276 g/mol. The summed E-state index contributed by atoms with van der Waals surface area (Å²) >= 11 is 0. The lowest BCUT2D eigenvalue weighted by Gasteiger charge is -2.41. The van der Waals surface area contributed by atoms with Crippen molar-refractivity contribution in [2.24, 2.45) is 11.7 Å². The average Bonchev–Trinajstić information content (AvgIpc) is 2.89. The number of benzene rings is 1. The van der Waals surface area contributed by atoms with Crippen molar-refractivity contribution in [2.45, 2.75) is 38.3 Å². The summed E-state index contributed by atoms with van der Waals surface area (Å²) in [6, 6.07) is 6.18. The van der Waals surface area contributed by atoms with Crippen molar-refractivity contribution in [2.75, 3.05) is 19.7 Å². The Morgan fingerprint density at radius 1 is 1.45 bits per heavy atom. The number of aromatic hydroxyl groups is 1. The number of hydrogen-bond donors (Lipinski definition) is 2. The van der Waals surface area contributed by atoms with Crippen LogP contribution in [0, 0.1) is 5.92 Å². The maximum atomic E-state index is 9.54. The molecular weight excluding hydrogens is 252 g/mol. The normalized spacial score (nSPS) is 30.0. The Kier molecular flexibility index (Phi) is 3.85. The smallest absolute Gasteiger partial charge is 0.127 e. The molecule has 3 N–H and O–H groups in total. The van der Waals surface area contributed by atoms with Crippen LogP contribution in [0.4, 0.5) is 0 Å². The van der Waals surface area contributed by atoms with Crippen LogP contribution in [0.25, 0.3) is 0 Å². The zero-order chi connectivity index (χ0) is 14.1. The highest BCUT2D eigenvalue weighted by molar-refractivity contribution is 5.44. The Bertz CT molecular complexity index is 478. The predicted molar refractivity (Wildman–Crippen MR) is 78.9 cm³/mol. The number of rotatable bonds is 3. The van der Waals surface area contributed by atoms with E-state index in [1.54, 1.807) is 12.1 Å². The van der Waals surface area contributed by atoms with E-state index in [4.69, 9.17) is 10.5 Å². The highest BCUT2D eigenvalue weighted by Gasteiger charge is 2.36. The fraction of sp³-hybridized carbons (Fsp3) is 0.625. The van der Waals surface area contributed by atoms with Crippen molar-refractivity contribution < 1.29 is 9.84 Å². The number of piperidine rings is 1. The van der Waals surface area contributed by atoms with Crippen molar-refractivity contribution >= 4 is 0 Å². The van der Waals surface area contributed by atoms with Crippen molar-refractivity contribution in [3.63, 3.8) is 0 Å². The minimum absolute atomic E-state index is 0.268. The van der Waals surface area contributed by atoms with Crippen molar-refractivity contribution in [3.8, 4) is 11.5 Å². The summed E-state index contributed by atoms with van der Waals surface area (Å²) in [6.45, 7) is 4.74. The van der Waals surface area contributed by atoms with Crippen LogP contribution >= 0.6 is 0 Å². The maximum absolute atomic E-state index is 9.54. The van der Waals surface area contributed by atoms with E-state index in [0.29, 0.717) is 19.2 Å². The quantitative estimate of drug-likeness (QED) is 0.889. The van der Waals surface area contributed by atoms with Crippen LogP contribution in [0.2, 0.25) is 0 Å². The molecule has 1 aromatic carbocycles. The Labute approximate surface area is 120 Å². The molecule has 1 fully saturated rings. The number of nitrogens with two attached hydrogens (primary N) is 1. The second-order valence-corrected chi connectivity index (χ2v) is 5.97. The van der Waals surface area contributed by atoms with Crippen LogP contribution < -0.4 is 10.5 Å². The molecule has 0 aromatic heterocycles. The lowest BCUT2D eigenvalue weighted by Crippen LogP contribution is -2.48. The molecule has 2 aliphatic rings. The third-order valence-electron chi connectivity index (χ3n) is 4.87. The third-order valence-corrected chi connectivity index (χ3v) is 4.87. The largest absolute Gasteiger partial charge is 0.508 e. The molecule has 0 spiro atoms. The Hall–Kier alpha value is -1.26. The Morgan fingerprint density at radius 2 is 2.30 bits per heavy atom. The van der Waals surface area contributed by atoms with Gasteiger partial charge in [-0.2, -0.15) is 0 Å². The molecule has 3 unspecified atom stereocenters. The van der Waals surface area contributed by atoms with Gasteiger partial charge in [-0.05, 0) is 37.4 Å². The van der Waals surface area contributed by atoms with Crippen LogP contribution in [-0.2, 0) is 0 Å². The molecular formula is C16H24N2O2. The molecule has 0 radical (unpaired) electrons. The van der Waals surface area contributed by atoms with Crippen LogP contribution in [0.1, 0.15) is 37.8 Å². The molecule has 4 nitrogen and oxygen atoms in total. The number of fused-ring (bicyclic) bond motifs is 1. The minimum Gasteiger partial charge on any atom is -0.508 e. The molecule has 4 heteroatoms. The van der Waals surface area contributed by atoms with Gasteiger partial charge in [-0.3, -0.25) is 4.90 Å². The molecule has 0 bridgehead atoms. The van der Waals surface area contributed by atoms with Crippen molar-refractivity contribution in [3.05, 3.63) is 23.8 Å². The zero-order valence-corrected chi connectivity index (χ0v) is 12.1. The summed E-state index contributed by atoms with van der Waals surface area (Å²) in [5, 5.41) is 9.54. The number of phenols is 1. The molecule has 0 saturated carbocycles. The molecule has 1 saturated heterocycles. The van der Waals surface area contributed by atoms with Crippen molar-refractivity contribution in [1.29, 1.82) is 0 Å². The summed E-state index contributed by atoms with van der Waals surface area (Å²) < 4.78 is 5.75. The third kappa shape index (κ3) is 2.38. The standard InChI is InChI=1S/C16H24N2O2/c1-2-11-5-6-18(12(7-11)9-17)15-10-20-16-8-13(19)3-4-14(15)16/h3-4,8,11-12,15,19H,2,5-7,9-10,17H2,1H3. The minimum atomic E-state index is 0.268. The number of phenolic OH excluding ortho intramolecular Hbond substituents is 1. The summed E-state index contributed by atoms with van der Waals surface area (Å²) in [6.07, 6.45) is 3.68. The highest BCUT2D eigenvalue weighted by atomic mass is 16.5. The Morgan fingerprint density at radius 3 is 3.05 bits per heavy atom. The predicted octanol–water partition coefficient (Wildman–Crippen LogP) is 2.28. The van der Waals surface area contributed by atoms with Gasteiger partial charge >= 0.3 is 0 Å². The molecule has 0 amide bonds. The fourth-order valence-corrected chi connectivity index (χ4v) is 3.62. The van der Waals surface area contributed by atoms with Gasteiger partial charge < -0.3 is 15.6 Å². The van der Waals surface area contributed by atoms with E-state index in [1.807, 2.05) is 6.07 Å². The van der Waals surface area contributed by atoms with E-state index >= 15 is 0 Å². The molecule has 3 rings (SSSR count). The van der Waals surface area contributed by atoms with Gasteiger partial charge in [0.05, 0.1) is 6.04 Å². The van der Waals surface area contributed by atoms with Crippen LogP contribution in [-0.4, -0.2) is 35.7 Å². The van der Waals surface area contributed by atoms with Gasteiger partial charge in [-0.1, -0.05) is 13.3 Å². The number of ether oxygens (including phenoxy) is 1. The summed E-state index contributed by atoms with van der Waals surface area (Å²) in [7, 11) is 0. The topological polar surface area (TPSA) is 58.7 Å². The first-order valence-electron chi connectivity index (χ1n) is 7.64. The number of likely N-dealkylation sites (tertiary alicyclic amines) is 1.